The van der Waals surface area contributed by atoms with Crippen LogP contribution in [0.1, 0.15) is 24.2 Å². The van der Waals surface area contributed by atoms with Crippen molar-refractivity contribution in [2.45, 2.75) is 19.9 Å². The minimum absolute atomic E-state index is 0.0193. The molecule has 8 heteroatoms. The number of amides is 3. The zero-order valence-corrected chi connectivity index (χ0v) is 11.3. The summed E-state index contributed by atoms with van der Waals surface area (Å²) in [6, 6.07) is 0.0763. The molecule has 0 aliphatic heterocycles. The van der Waals surface area contributed by atoms with E-state index in [1.807, 2.05) is 0 Å². The predicted octanol–water partition coefficient (Wildman–Crippen LogP) is 1.09. The van der Waals surface area contributed by atoms with Gasteiger partial charge in [0.15, 0.2) is 0 Å². The molecule has 0 aliphatic rings. The van der Waals surface area contributed by atoms with Gasteiger partial charge in [-0.05, 0) is 25.3 Å². The second-order valence-electron chi connectivity index (χ2n) is 3.68. The fourth-order valence-corrected chi connectivity index (χ4v) is 2.08. The number of likely N-dealkylation sites (N-methyl/N-ethyl adjacent to an activating group) is 1. The zero-order valence-electron chi connectivity index (χ0n) is 10.5. The van der Waals surface area contributed by atoms with E-state index >= 15 is 0 Å². The van der Waals surface area contributed by atoms with E-state index in [1.54, 1.807) is 12.3 Å². The number of carboxylic acids is 1. The molecular weight excluding hydrogens is 270 g/mol. The Labute approximate surface area is 114 Å². The van der Waals surface area contributed by atoms with Gasteiger partial charge >= 0.3 is 12.0 Å². The lowest BCUT2D eigenvalue weighted by Crippen LogP contribution is -2.46. The maximum absolute atomic E-state index is 11.6. The van der Waals surface area contributed by atoms with Crippen LogP contribution in [0.2, 0.25) is 0 Å². The summed E-state index contributed by atoms with van der Waals surface area (Å²) in [6.45, 7) is 3.78. The van der Waals surface area contributed by atoms with Gasteiger partial charge in [-0.1, -0.05) is 0 Å². The van der Waals surface area contributed by atoms with Crippen molar-refractivity contribution in [2.24, 2.45) is 0 Å². The van der Waals surface area contributed by atoms with Crippen LogP contribution in [0.4, 0.5) is 9.80 Å². The van der Waals surface area contributed by atoms with Crippen molar-refractivity contribution in [3.8, 4) is 0 Å². The van der Waals surface area contributed by atoms with Crippen LogP contribution >= 0.6 is 11.3 Å². The summed E-state index contributed by atoms with van der Waals surface area (Å²) in [5.74, 6) is -1.42. The first kappa shape index (κ1) is 15.0. The van der Waals surface area contributed by atoms with Crippen LogP contribution in [0.15, 0.2) is 11.4 Å². The third kappa shape index (κ3) is 4.25. The maximum atomic E-state index is 11.6. The van der Waals surface area contributed by atoms with Crippen molar-refractivity contribution in [3.05, 3.63) is 17.0 Å². The SMILES string of the molecule is CCNC(=O)C(C)NC(=O)Nc1sccc1C(=O)O. The second kappa shape index (κ2) is 6.74. The minimum Gasteiger partial charge on any atom is -0.478 e. The highest BCUT2D eigenvalue weighted by molar-refractivity contribution is 7.14. The number of urea groups is 1. The van der Waals surface area contributed by atoms with Crippen molar-refractivity contribution >= 4 is 34.2 Å². The Bertz CT molecular complexity index is 486. The van der Waals surface area contributed by atoms with Gasteiger partial charge in [-0.25, -0.2) is 9.59 Å². The van der Waals surface area contributed by atoms with Crippen LogP contribution in [-0.4, -0.2) is 35.6 Å². The van der Waals surface area contributed by atoms with E-state index in [-0.39, 0.29) is 16.5 Å². The van der Waals surface area contributed by atoms with Gasteiger partial charge in [0.25, 0.3) is 0 Å². The number of carboxylic acid groups (broad SMARTS) is 1. The number of hydrogen-bond acceptors (Lipinski definition) is 4. The smallest absolute Gasteiger partial charge is 0.338 e. The molecule has 1 aromatic heterocycles. The average molecular weight is 285 g/mol. The van der Waals surface area contributed by atoms with Crippen LogP contribution in [0.3, 0.4) is 0 Å². The quantitative estimate of drug-likeness (QED) is 0.649. The first-order chi connectivity index (χ1) is 8.95. The zero-order chi connectivity index (χ0) is 14.4. The monoisotopic (exact) mass is 285 g/mol. The molecule has 0 bridgehead atoms. The van der Waals surface area contributed by atoms with Gasteiger partial charge < -0.3 is 15.7 Å². The summed E-state index contributed by atoms with van der Waals surface area (Å²) >= 11 is 1.10. The van der Waals surface area contributed by atoms with E-state index in [0.29, 0.717) is 6.54 Å². The second-order valence-corrected chi connectivity index (χ2v) is 4.60. The number of rotatable bonds is 5. The Kier molecular flexibility index (Phi) is 5.31. The Hall–Kier alpha value is -2.09. The van der Waals surface area contributed by atoms with Gasteiger partial charge in [-0.3, -0.25) is 10.1 Å². The predicted molar refractivity (Wildman–Crippen MR) is 71.6 cm³/mol. The van der Waals surface area contributed by atoms with Crippen molar-refractivity contribution in [3.63, 3.8) is 0 Å². The Morgan fingerprint density at radius 3 is 2.68 bits per heavy atom. The normalized spacial score (nSPS) is 11.5. The Morgan fingerprint density at radius 1 is 1.42 bits per heavy atom. The molecule has 0 aromatic carbocycles. The molecule has 1 aromatic rings. The van der Waals surface area contributed by atoms with E-state index in [9.17, 15) is 14.4 Å². The summed E-state index contributed by atoms with van der Waals surface area (Å²) in [5, 5.41) is 18.1. The summed E-state index contributed by atoms with van der Waals surface area (Å²) in [6.07, 6.45) is 0. The third-order valence-electron chi connectivity index (χ3n) is 2.21. The number of aromatic carboxylic acids is 1. The maximum Gasteiger partial charge on any atom is 0.338 e. The lowest BCUT2D eigenvalue weighted by molar-refractivity contribution is -0.122. The summed E-state index contributed by atoms with van der Waals surface area (Å²) in [7, 11) is 0. The number of hydrogen-bond donors (Lipinski definition) is 4. The number of nitrogens with one attached hydrogen (secondary N) is 3. The van der Waals surface area contributed by atoms with Gasteiger partial charge in [0, 0.05) is 6.54 Å². The van der Waals surface area contributed by atoms with E-state index in [0.717, 1.165) is 11.3 Å². The van der Waals surface area contributed by atoms with Crippen LogP contribution in [0.25, 0.3) is 0 Å². The Morgan fingerprint density at radius 2 is 2.11 bits per heavy atom. The standard InChI is InChI=1S/C11H15N3O4S/c1-3-12-8(15)6(2)13-11(18)14-9-7(10(16)17)4-5-19-9/h4-6H,3H2,1-2H3,(H,12,15)(H,16,17)(H2,13,14,18). The van der Waals surface area contributed by atoms with Crippen LogP contribution in [0.5, 0.6) is 0 Å². The number of thiophene rings is 1. The molecule has 104 valence electrons. The molecule has 1 rings (SSSR count). The van der Waals surface area contributed by atoms with E-state index in [1.165, 1.54) is 13.0 Å². The molecule has 1 unspecified atom stereocenters. The van der Waals surface area contributed by atoms with Crippen molar-refractivity contribution in [1.82, 2.24) is 10.6 Å². The van der Waals surface area contributed by atoms with E-state index in [4.69, 9.17) is 5.11 Å². The molecule has 1 atom stereocenters. The van der Waals surface area contributed by atoms with Gasteiger partial charge in [0.1, 0.15) is 11.0 Å². The fraction of sp³-hybridized carbons (Fsp3) is 0.364. The summed E-state index contributed by atoms with van der Waals surface area (Å²) in [4.78, 5) is 33.9. The van der Waals surface area contributed by atoms with Crippen molar-refractivity contribution < 1.29 is 19.5 Å². The van der Waals surface area contributed by atoms with Gasteiger partial charge in [0.2, 0.25) is 5.91 Å². The highest BCUT2D eigenvalue weighted by atomic mass is 32.1. The highest BCUT2D eigenvalue weighted by Crippen LogP contribution is 2.22. The van der Waals surface area contributed by atoms with E-state index < -0.39 is 18.0 Å². The molecule has 1 heterocycles. The van der Waals surface area contributed by atoms with Gasteiger partial charge in [-0.2, -0.15) is 0 Å². The molecule has 0 saturated carbocycles. The fourth-order valence-electron chi connectivity index (χ4n) is 1.30. The molecule has 0 saturated heterocycles. The largest absolute Gasteiger partial charge is 0.478 e. The number of carbonyl (C=O) groups is 3. The summed E-state index contributed by atoms with van der Waals surface area (Å²) in [5.41, 5.74) is 0.0193. The van der Waals surface area contributed by atoms with Gasteiger partial charge in [-0.15, -0.1) is 11.3 Å². The molecule has 4 N–H and O–H groups in total. The van der Waals surface area contributed by atoms with Gasteiger partial charge in [0.05, 0.1) is 5.56 Å². The first-order valence-electron chi connectivity index (χ1n) is 5.61. The molecule has 19 heavy (non-hydrogen) atoms. The minimum atomic E-state index is -1.12. The molecule has 0 fully saturated rings. The Balaban J connectivity index is 2.58. The lowest BCUT2D eigenvalue weighted by atomic mass is 10.3. The van der Waals surface area contributed by atoms with Crippen molar-refractivity contribution in [2.75, 3.05) is 11.9 Å². The molecular formula is C11H15N3O4S. The molecule has 0 aliphatic carbocycles. The van der Waals surface area contributed by atoms with Crippen molar-refractivity contribution in [1.29, 1.82) is 0 Å². The van der Waals surface area contributed by atoms with Crippen LogP contribution in [0, 0.1) is 0 Å². The molecule has 7 nitrogen and oxygen atoms in total. The van der Waals surface area contributed by atoms with E-state index in [2.05, 4.69) is 16.0 Å². The van der Waals surface area contributed by atoms with Crippen LogP contribution in [-0.2, 0) is 4.79 Å². The molecule has 0 radical (unpaired) electrons. The highest BCUT2D eigenvalue weighted by Gasteiger charge is 2.17. The summed E-state index contributed by atoms with van der Waals surface area (Å²) < 4.78 is 0. The third-order valence-corrected chi connectivity index (χ3v) is 3.04. The van der Waals surface area contributed by atoms with Crippen LogP contribution < -0.4 is 16.0 Å². The molecule has 0 spiro atoms. The number of carbonyl (C=O) groups excluding carboxylic acids is 2. The molecule has 3 amide bonds. The lowest BCUT2D eigenvalue weighted by Gasteiger charge is -2.13. The number of anilines is 1. The topological polar surface area (TPSA) is 108 Å². The average Bonchev–Trinajstić information content (AvgIpc) is 2.77. The first-order valence-corrected chi connectivity index (χ1v) is 6.49.